The minimum absolute atomic E-state index is 0.0610. The average molecular weight is 281 g/mol. The molecule has 0 N–H and O–H groups in total. The van der Waals surface area contributed by atoms with Gasteiger partial charge in [0.05, 0.1) is 5.69 Å². The van der Waals surface area contributed by atoms with Gasteiger partial charge in [0, 0.05) is 24.3 Å². The topological polar surface area (TPSA) is 38.1 Å². The first-order chi connectivity index (χ1) is 10.1. The minimum atomic E-state index is -0.0610. The fourth-order valence-corrected chi connectivity index (χ4v) is 2.30. The summed E-state index contributed by atoms with van der Waals surface area (Å²) in [6, 6.07) is 9.27. The molecule has 0 bridgehead atoms. The Bertz CT molecular complexity index is 694. The van der Waals surface area contributed by atoms with Crippen LogP contribution in [0, 0.1) is 19.3 Å². The minimum Gasteiger partial charge on any atom is -0.307 e. The normalized spacial score (nSPS) is 10.2. The second-order valence-corrected chi connectivity index (χ2v) is 4.73. The van der Waals surface area contributed by atoms with E-state index in [9.17, 15) is 4.79 Å². The lowest BCUT2D eigenvalue weighted by molar-refractivity contribution is 0.0978. The maximum atomic E-state index is 12.8. The van der Waals surface area contributed by atoms with E-state index in [1.165, 1.54) is 0 Å². The van der Waals surface area contributed by atoms with Gasteiger partial charge in [-0.1, -0.05) is 12.0 Å². The predicted molar refractivity (Wildman–Crippen MR) is 84.4 cm³/mol. The number of rotatable bonds is 4. The summed E-state index contributed by atoms with van der Waals surface area (Å²) in [5.41, 5.74) is 3.01. The summed E-state index contributed by atoms with van der Waals surface area (Å²) in [4.78, 5) is 14.5. The van der Waals surface area contributed by atoms with Gasteiger partial charge in [-0.05, 0) is 45.0 Å². The van der Waals surface area contributed by atoms with Crippen molar-refractivity contribution in [2.24, 2.45) is 0 Å². The quantitative estimate of drug-likeness (QED) is 0.808. The molecule has 0 spiro atoms. The lowest BCUT2D eigenvalue weighted by Gasteiger charge is -2.21. The molecule has 0 fully saturated rings. The summed E-state index contributed by atoms with van der Waals surface area (Å²) < 4.78 is 1.73. The molecule has 1 aromatic heterocycles. The maximum absolute atomic E-state index is 12.8. The molecule has 108 valence electrons. The van der Waals surface area contributed by atoms with Crippen LogP contribution in [0.25, 0.3) is 0 Å². The van der Waals surface area contributed by atoms with E-state index in [1.54, 1.807) is 9.58 Å². The van der Waals surface area contributed by atoms with Gasteiger partial charge in [0.25, 0.3) is 5.91 Å². The van der Waals surface area contributed by atoms with Gasteiger partial charge in [0.2, 0.25) is 0 Å². The zero-order valence-corrected chi connectivity index (χ0v) is 12.6. The monoisotopic (exact) mass is 281 g/mol. The SMILES string of the molecule is C#Cc1cccc(N(CC)C(=O)c2cc(C)nn2CC)c1. The highest BCUT2D eigenvalue weighted by Crippen LogP contribution is 2.19. The number of terminal acetylenes is 1. The number of nitrogens with zero attached hydrogens (tertiary/aromatic N) is 3. The maximum Gasteiger partial charge on any atom is 0.276 e. The van der Waals surface area contributed by atoms with Crippen LogP contribution >= 0.6 is 0 Å². The highest BCUT2D eigenvalue weighted by Gasteiger charge is 2.20. The number of carbonyl (C=O) groups is 1. The van der Waals surface area contributed by atoms with Gasteiger partial charge in [-0.15, -0.1) is 6.42 Å². The van der Waals surface area contributed by atoms with Crippen LogP contribution in [0.2, 0.25) is 0 Å². The number of amides is 1. The molecule has 0 unspecified atom stereocenters. The number of benzene rings is 1. The summed E-state index contributed by atoms with van der Waals surface area (Å²) in [5.74, 6) is 2.54. The van der Waals surface area contributed by atoms with Crippen LogP contribution in [0.4, 0.5) is 5.69 Å². The Balaban J connectivity index is 2.40. The Morgan fingerprint density at radius 1 is 1.38 bits per heavy atom. The molecular weight excluding hydrogens is 262 g/mol. The van der Waals surface area contributed by atoms with Crippen molar-refractivity contribution in [3.05, 3.63) is 47.3 Å². The molecule has 1 aromatic carbocycles. The number of anilines is 1. The van der Waals surface area contributed by atoms with Gasteiger partial charge in [-0.25, -0.2) is 0 Å². The van der Waals surface area contributed by atoms with E-state index >= 15 is 0 Å². The van der Waals surface area contributed by atoms with Gasteiger partial charge in [-0.3, -0.25) is 9.48 Å². The van der Waals surface area contributed by atoms with Crippen molar-refractivity contribution in [2.75, 3.05) is 11.4 Å². The van der Waals surface area contributed by atoms with Crippen LogP contribution in [-0.2, 0) is 6.54 Å². The van der Waals surface area contributed by atoms with Crippen molar-refractivity contribution in [1.82, 2.24) is 9.78 Å². The van der Waals surface area contributed by atoms with Crippen LogP contribution in [-0.4, -0.2) is 22.2 Å². The second-order valence-electron chi connectivity index (χ2n) is 4.73. The summed E-state index contributed by atoms with van der Waals surface area (Å²) in [6.07, 6.45) is 5.43. The number of hydrogen-bond acceptors (Lipinski definition) is 2. The zero-order valence-electron chi connectivity index (χ0n) is 12.6. The van der Waals surface area contributed by atoms with Crippen molar-refractivity contribution in [3.8, 4) is 12.3 Å². The number of aromatic nitrogens is 2. The fourth-order valence-electron chi connectivity index (χ4n) is 2.30. The Morgan fingerprint density at radius 2 is 2.14 bits per heavy atom. The lowest BCUT2D eigenvalue weighted by Crippen LogP contribution is -2.32. The summed E-state index contributed by atoms with van der Waals surface area (Å²) in [6.45, 7) is 7.04. The van der Waals surface area contributed by atoms with Gasteiger partial charge in [0.15, 0.2) is 0 Å². The van der Waals surface area contributed by atoms with Crippen LogP contribution in [0.1, 0.15) is 35.6 Å². The molecule has 2 rings (SSSR count). The Labute approximate surface area is 125 Å². The Hall–Kier alpha value is -2.54. The third kappa shape index (κ3) is 2.97. The van der Waals surface area contributed by atoms with Crippen molar-refractivity contribution in [2.45, 2.75) is 27.3 Å². The molecule has 21 heavy (non-hydrogen) atoms. The van der Waals surface area contributed by atoms with Crippen LogP contribution in [0.15, 0.2) is 30.3 Å². The second kappa shape index (κ2) is 6.27. The largest absolute Gasteiger partial charge is 0.307 e. The van der Waals surface area contributed by atoms with E-state index in [2.05, 4.69) is 11.0 Å². The van der Waals surface area contributed by atoms with E-state index in [0.717, 1.165) is 16.9 Å². The number of aryl methyl sites for hydroxylation is 2. The average Bonchev–Trinajstić information content (AvgIpc) is 2.89. The Morgan fingerprint density at radius 3 is 2.76 bits per heavy atom. The number of carbonyl (C=O) groups excluding carboxylic acids is 1. The van der Waals surface area contributed by atoms with Crippen molar-refractivity contribution in [3.63, 3.8) is 0 Å². The first-order valence-corrected chi connectivity index (χ1v) is 7.03. The molecule has 0 saturated carbocycles. The molecule has 0 aliphatic carbocycles. The third-order valence-corrected chi connectivity index (χ3v) is 3.31. The molecule has 1 amide bonds. The lowest BCUT2D eigenvalue weighted by atomic mass is 10.2. The highest BCUT2D eigenvalue weighted by molar-refractivity contribution is 6.05. The van der Waals surface area contributed by atoms with Crippen molar-refractivity contribution < 1.29 is 4.79 Å². The standard InChI is InChI=1S/C17H19N3O/c1-5-14-9-8-10-15(12-14)19(6-2)17(21)16-11-13(4)18-20(16)7-3/h1,8-12H,6-7H2,2-4H3. The van der Waals surface area contributed by atoms with E-state index in [-0.39, 0.29) is 5.91 Å². The van der Waals surface area contributed by atoms with Gasteiger partial charge in [0.1, 0.15) is 5.69 Å². The van der Waals surface area contributed by atoms with Gasteiger partial charge in [-0.2, -0.15) is 5.10 Å². The molecular formula is C17H19N3O. The van der Waals surface area contributed by atoms with E-state index < -0.39 is 0 Å². The van der Waals surface area contributed by atoms with E-state index in [0.29, 0.717) is 18.8 Å². The first kappa shape index (κ1) is 14.9. The van der Waals surface area contributed by atoms with Crippen LogP contribution in [0.5, 0.6) is 0 Å². The van der Waals surface area contributed by atoms with Crippen LogP contribution in [0.3, 0.4) is 0 Å². The van der Waals surface area contributed by atoms with E-state index in [1.807, 2.05) is 51.1 Å². The predicted octanol–water partition coefficient (Wildman–Crippen LogP) is 2.86. The first-order valence-electron chi connectivity index (χ1n) is 7.03. The van der Waals surface area contributed by atoms with E-state index in [4.69, 9.17) is 6.42 Å². The number of hydrogen-bond donors (Lipinski definition) is 0. The van der Waals surface area contributed by atoms with Crippen LogP contribution < -0.4 is 4.90 Å². The zero-order chi connectivity index (χ0) is 15.4. The molecule has 1 heterocycles. The van der Waals surface area contributed by atoms with Gasteiger partial charge < -0.3 is 4.90 Å². The van der Waals surface area contributed by atoms with Crippen molar-refractivity contribution >= 4 is 11.6 Å². The summed E-state index contributed by atoms with van der Waals surface area (Å²) >= 11 is 0. The fraction of sp³-hybridized carbons (Fsp3) is 0.294. The highest BCUT2D eigenvalue weighted by atomic mass is 16.2. The van der Waals surface area contributed by atoms with Gasteiger partial charge >= 0.3 is 0 Å². The summed E-state index contributed by atoms with van der Waals surface area (Å²) in [7, 11) is 0. The van der Waals surface area contributed by atoms with Crippen molar-refractivity contribution in [1.29, 1.82) is 0 Å². The molecule has 4 heteroatoms. The summed E-state index contributed by atoms with van der Waals surface area (Å²) in [5, 5.41) is 4.33. The molecule has 0 aliphatic rings. The molecule has 0 aliphatic heterocycles. The molecule has 2 aromatic rings. The molecule has 0 radical (unpaired) electrons. The smallest absolute Gasteiger partial charge is 0.276 e. The Kier molecular flexibility index (Phi) is 4.44. The third-order valence-electron chi connectivity index (χ3n) is 3.31. The molecule has 0 saturated heterocycles. The molecule has 4 nitrogen and oxygen atoms in total. The molecule has 0 atom stereocenters.